The topological polar surface area (TPSA) is 54.3 Å². The summed E-state index contributed by atoms with van der Waals surface area (Å²) in [6, 6.07) is 26.9. The average molecular weight is 422 g/mol. The number of hydrogen-bond donors (Lipinski definition) is 1. The summed E-state index contributed by atoms with van der Waals surface area (Å²) < 4.78 is 2.12. The number of carbonyl (C=O) groups is 2. The van der Waals surface area contributed by atoms with E-state index in [4.69, 9.17) is 0 Å². The van der Waals surface area contributed by atoms with Gasteiger partial charge in [0.05, 0.1) is 24.3 Å². The quantitative estimate of drug-likeness (QED) is 0.497. The Bertz CT molecular complexity index is 1300. The van der Waals surface area contributed by atoms with Crippen LogP contribution in [-0.2, 0) is 17.8 Å². The number of amides is 2. The third kappa shape index (κ3) is 3.69. The maximum Gasteiger partial charge on any atom is 0.258 e. The number of para-hydroxylation sites is 2. The average Bonchev–Trinajstić information content (AvgIpc) is 3.29. The lowest BCUT2D eigenvalue weighted by Crippen LogP contribution is -2.34. The van der Waals surface area contributed by atoms with Gasteiger partial charge < -0.3 is 14.8 Å². The fourth-order valence-electron chi connectivity index (χ4n) is 4.14. The molecule has 0 spiro atoms. The van der Waals surface area contributed by atoms with Crippen LogP contribution >= 0.6 is 0 Å². The van der Waals surface area contributed by atoms with Gasteiger partial charge in [-0.3, -0.25) is 9.59 Å². The van der Waals surface area contributed by atoms with Crippen LogP contribution in [0.25, 0.3) is 5.69 Å². The summed E-state index contributed by atoms with van der Waals surface area (Å²) in [4.78, 5) is 27.6. The van der Waals surface area contributed by atoms with E-state index < -0.39 is 0 Å². The molecule has 0 unspecified atom stereocenters. The van der Waals surface area contributed by atoms with Gasteiger partial charge in [-0.05, 0) is 66.6 Å². The van der Waals surface area contributed by atoms with E-state index in [1.165, 1.54) is 0 Å². The van der Waals surface area contributed by atoms with Crippen molar-refractivity contribution < 1.29 is 9.59 Å². The van der Waals surface area contributed by atoms with Gasteiger partial charge in [0.2, 0.25) is 5.91 Å². The molecule has 0 saturated carbocycles. The van der Waals surface area contributed by atoms with Crippen molar-refractivity contribution in [2.75, 3.05) is 10.2 Å². The number of carbonyl (C=O) groups excluding carboxylic acids is 2. The highest BCUT2D eigenvalue weighted by Crippen LogP contribution is 2.33. The van der Waals surface area contributed by atoms with Crippen molar-refractivity contribution >= 4 is 23.2 Å². The lowest BCUT2D eigenvalue weighted by molar-refractivity contribution is -0.115. The fourth-order valence-corrected chi connectivity index (χ4v) is 4.14. The number of hydrogen-bond acceptors (Lipinski definition) is 2. The van der Waals surface area contributed by atoms with Crippen LogP contribution in [0.1, 0.15) is 27.2 Å². The third-order valence-corrected chi connectivity index (χ3v) is 5.86. The number of nitrogens with zero attached hydrogens (tertiary/aromatic N) is 2. The smallest absolute Gasteiger partial charge is 0.258 e. The molecule has 2 heterocycles. The van der Waals surface area contributed by atoms with E-state index in [0.717, 1.165) is 28.2 Å². The number of rotatable bonds is 4. The van der Waals surface area contributed by atoms with Gasteiger partial charge in [0.25, 0.3) is 5.91 Å². The first-order valence-electron chi connectivity index (χ1n) is 10.6. The highest BCUT2D eigenvalue weighted by Gasteiger charge is 2.26. The Morgan fingerprint density at radius 3 is 2.34 bits per heavy atom. The second-order valence-corrected chi connectivity index (χ2v) is 7.98. The molecule has 1 aliphatic heterocycles. The Kier molecular flexibility index (Phi) is 5.07. The monoisotopic (exact) mass is 421 g/mol. The second-order valence-electron chi connectivity index (χ2n) is 7.98. The molecule has 158 valence electrons. The number of benzene rings is 3. The highest BCUT2D eigenvalue weighted by molar-refractivity contribution is 6.07. The summed E-state index contributed by atoms with van der Waals surface area (Å²) in [6.45, 7) is 2.51. The molecule has 0 fully saturated rings. The molecule has 3 aromatic carbocycles. The molecule has 1 N–H and O–H groups in total. The standard InChI is InChI=1S/C27H23N3O2/c1-19-7-2-3-8-21(19)17-26(31)28-22-14-12-20(13-15-22)27(32)30-18-23-9-6-16-29(23)24-10-4-5-11-25(24)30/h2-16H,17-18H2,1H3,(H,28,31). The largest absolute Gasteiger partial charge is 0.326 e. The molecule has 0 atom stereocenters. The van der Waals surface area contributed by atoms with Crippen molar-refractivity contribution in [3.05, 3.63) is 114 Å². The zero-order valence-corrected chi connectivity index (χ0v) is 17.8. The molecule has 0 radical (unpaired) electrons. The molecule has 5 heteroatoms. The maximum atomic E-state index is 13.3. The lowest BCUT2D eigenvalue weighted by Gasteiger charge is -2.31. The molecule has 4 aromatic rings. The van der Waals surface area contributed by atoms with Crippen molar-refractivity contribution in [1.29, 1.82) is 0 Å². The molecule has 0 bridgehead atoms. The van der Waals surface area contributed by atoms with Gasteiger partial charge in [0.15, 0.2) is 0 Å². The van der Waals surface area contributed by atoms with E-state index in [-0.39, 0.29) is 11.8 Å². The first-order valence-corrected chi connectivity index (χ1v) is 10.6. The summed E-state index contributed by atoms with van der Waals surface area (Å²) in [5.41, 5.74) is 6.30. The molecular weight excluding hydrogens is 398 g/mol. The Labute approximate surface area is 186 Å². The molecule has 2 amide bonds. The molecule has 0 saturated heterocycles. The van der Waals surface area contributed by atoms with E-state index in [2.05, 4.69) is 9.88 Å². The first-order chi connectivity index (χ1) is 15.6. The van der Waals surface area contributed by atoms with E-state index in [1.807, 2.05) is 73.8 Å². The minimum absolute atomic E-state index is 0.0670. The predicted octanol–water partition coefficient (Wildman–Crippen LogP) is 5.13. The first kappa shape index (κ1) is 19.8. The number of aromatic nitrogens is 1. The summed E-state index contributed by atoms with van der Waals surface area (Å²) in [5.74, 6) is -0.146. The highest BCUT2D eigenvalue weighted by atomic mass is 16.2. The van der Waals surface area contributed by atoms with Crippen LogP contribution in [0.15, 0.2) is 91.1 Å². The molecule has 1 aromatic heterocycles. The maximum absolute atomic E-state index is 13.3. The minimum atomic E-state index is -0.0795. The van der Waals surface area contributed by atoms with Gasteiger partial charge in [0, 0.05) is 23.1 Å². The van der Waals surface area contributed by atoms with Crippen LogP contribution in [-0.4, -0.2) is 16.4 Å². The molecule has 32 heavy (non-hydrogen) atoms. The van der Waals surface area contributed by atoms with Crippen LogP contribution < -0.4 is 10.2 Å². The van der Waals surface area contributed by atoms with Crippen LogP contribution in [0.4, 0.5) is 11.4 Å². The van der Waals surface area contributed by atoms with Crippen LogP contribution in [0.2, 0.25) is 0 Å². The summed E-state index contributed by atoms with van der Waals surface area (Å²) in [6.07, 6.45) is 2.34. The third-order valence-electron chi connectivity index (χ3n) is 5.86. The molecule has 5 rings (SSSR count). The van der Waals surface area contributed by atoms with Crippen molar-refractivity contribution in [2.24, 2.45) is 0 Å². The number of anilines is 2. The van der Waals surface area contributed by atoms with Crippen molar-refractivity contribution in [1.82, 2.24) is 4.57 Å². The van der Waals surface area contributed by atoms with Gasteiger partial charge in [-0.25, -0.2) is 0 Å². The lowest BCUT2D eigenvalue weighted by atomic mass is 10.1. The zero-order chi connectivity index (χ0) is 22.1. The molecule has 5 nitrogen and oxygen atoms in total. The van der Waals surface area contributed by atoms with E-state index >= 15 is 0 Å². The van der Waals surface area contributed by atoms with E-state index in [9.17, 15) is 9.59 Å². The van der Waals surface area contributed by atoms with Crippen molar-refractivity contribution in [3.8, 4) is 5.69 Å². The van der Waals surface area contributed by atoms with Crippen molar-refractivity contribution in [2.45, 2.75) is 19.9 Å². The van der Waals surface area contributed by atoms with Crippen LogP contribution in [0.3, 0.4) is 0 Å². The van der Waals surface area contributed by atoms with Gasteiger partial charge in [-0.2, -0.15) is 0 Å². The Hall–Kier alpha value is -4.12. The van der Waals surface area contributed by atoms with Gasteiger partial charge in [-0.15, -0.1) is 0 Å². The number of fused-ring (bicyclic) bond motifs is 3. The zero-order valence-electron chi connectivity index (χ0n) is 17.8. The summed E-state index contributed by atoms with van der Waals surface area (Å²) in [5, 5.41) is 2.92. The Morgan fingerprint density at radius 1 is 0.844 bits per heavy atom. The van der Waals surface area contributed by atoms with E-state index in [0.29, 0.717) is 24.2 Å². The van der Waals surface area contributed by atoms with Gasteiger partial charge in [-0.1, -0.05) is 36.4 Å². The van der Waals surface area contributed by atoms with Crippen LogP contribution in [0.5, 0.6) is 0 Å². The minimum Gasteiger partial charge on any atom is -0.326 e. The molecule has 1 aliphatic rings. The molecular formula is C27H23N3O2. The van der Waals surface area contributed by atoms with E-state index in [1.54, 1.807) is 29.2 Å². The number of aryl methyl sites for hydroxylation is 1. The Morgan fingerprint density at radius 2 is 1.56 bits per heavy atom. The second kappa shape index (κ2) is 8.19. The number of nitrogens with one attached hydrogen (secondary N) is 1. The van der Waals surface area contributed by atoms with Crippen molar-refractivity contribution in [3.63, 3.8) is 0 Å². The summed E-state index contributed by atoms with van der Waals surface area (Å²) >= 11 is 0. The fraction of sp³-hybridized carbons (Fsp3) is 0.111. The molecule has 0 aliphatic carbocycles. The predicted molar refractivity (Wildman–Crippen MR) is 126 cm³/mol. The van der Waals surface area contributed by atoms with Gasteiger partial charge >= 0.3 is 0 Å². The Balaban J connectivity index is 1.32. The summed E-state index contributed by atoms with van der Waals surface area (Å²) in [7, 11) is 0. The SMILES string of the molecule is Cc1ccccc1CC(=O)Nc1ccc(C(=O)N2Cc3cccn3-c3ccccc32)cc1. The van der Waals surface area contributed by atoms with Gasteiger partial charge in [0.1, 0.15) is 0 Å². The van der Waals surface area contributed by atoms with Crippen LogP contribution in [0, 0.1) is 6.92 Å². The normalized spacial score (nSPS) is 12.1.